The summed E-state index contributed by atoms with van der Waals surface area (Å²) in [5.41, 5.74) is 2.51. The van der Waals surface area contributed by atoms with Crippen molar-refractivity contribution in [3.05, 3.63) is 71.6 Å². The summed E-state index contributed by atoms with van der Waals surface area (Å²) in [6, 6.07) is 12.2. The van der Waals surface area contributed by atoms with Crippen molar-refractivity contribution < 1.29 is 17.5 Å². The van der Waals surface area contributed by atoms with Gasteiger partial charge in [0.25, 0.3) is 0 Å². The van der Waals surface area contributed by atoms with Gasteiger partial charge in [-0.3, -0.25) is 0 Å². The second kappa shape index (κ2) is 7.23. The minimum absolute atomic E-state index is 0.0699. The number of nitrogens with zero attached hydrogens (tertiary/aromatic N) is 1. The van der Waals surface area contributed by atoms with Crippen LogP contribution < -0.4 is 5.32 Å². The molecule has 0 spiro atoms. The molecular weight excluding hydrogens is 391 g/mol. The van der Waals surface area contributed by atoms with Gasteiger partial charge in [-0.15, -0.1) is 0 Å². The highest BCUT2D eigenvalue weighted by molar-refractivity contribution is 7.89. The fourth-order valence-corrected chi connectivity index (χ4v) is 6.10. The normalized spacial score (nSPS) is 26.6. The molecule has 1 fully saturated rings. The van der Waals surface area contributed by atoms with Gasteiger partial charge < -0.3 is 10.1 Å². The van der Waals surface area contributed by atoms with E-state index in [0.717, 1.165) is 17.5 Å². The Morgan fingerprint density at radius 1 is 1.07 bits per heavy atom. The van der Waals surface area contributed by atoms with Crippen molar-refractivity contribution in [3.8, 4) is 0 Å². The van der Waals surface area contributed by atoms with Gasteiger partial charge in [0, 0.05) is 19.0 Å². The first-order valence-electron chi connectivity index (χ1n) is 9.95. The first-order chi connectivity index (χ1) is 14.1. The molecule has 0 saturated carbocycles. The van der Waals surface area contributed by atoms with E-state index in [4.69, 9.17) is 4.74 Å². The Balaban J connectivity index is 1.45. The monoisotopic (exact) mass is 414 g/mol. The quantitative estimate of drug-likeness (QED) is 0.779. The number of allylic oxidation sites excluding steroid dienone is 2. The van der Waals surface area contributed by atoms with Crippen molar-refractivity contribution in [2.45, 2.75) is 23.3 Å². The summed E-state index contributed by atoms with van der Waals surface area (Å²) >= 11 is 0. The zero-order chi connectivity index (χ0) is 20.0. The molecule has 29 heavy (non-hydrogen) atoms. The van der Waals surface area contributed by atoms with Crippen LogP contribution in [0.5, 0.6) is 0 Å². The average Bonchev–Trinajstić information content (AvgIpc) is 3.25. The fraction of sp³-hybridized carbons (Fsp3) is 0.364. The van der Waals surface area contributed by atoms with Gasteiger partial charge in [-0.1, -0.05) is 36.4 Å². The molecule has 2 aliphatic heterocycles. The molecule has 1 N–H and O–H groups in total. The molecule has 2 aromatic rings. The highest BCUT2D eigenvalue weighted by atomic mass is 32.2. The molecule has 0 bridgehead atoms. The van der Waals surface area contributed by atoms with Gasteiger partial charge in [0.05, 0.1) is 29.8 Å². The molecule has 5 nitrogen and oxygen atoms in total. The van der Waals surface area contributed by atoms with Crippen LogP contribution in [0.15, 0.2) is 59.5 Å². The number of morpholine rings is 1. The van der Waals surface area contributed by atoms with Crippen molar-refractivity contribution in [1.82, 2.24) is 4.31 Å². The molecule has 1 aliphatic carbocycles. The zero-order valence-corrected chi connectivity index (χ0v) is 16.7. The summed E-state index contributed by atoms with van der Waals surface area (Å²) in [6.07, 6.45) is 5.22. The predicted molar refractivity (Wildman–Crippen MR) is 109 cm³/mol. The fourth-order valence-electron chi connectivity index (χ4n) is 4.70. The standard InChI is InChI=1S/C22H23FN2O3S/c23-20-6-2-5-19-17-3-1-4-18(17)21(24-22(19)20)15-7-9-16(10-8-15)29(26,27)25-11-13-28-14-12-25/h1-3,5-10,17-18,21,24H,4,11-14H2/t17-,18+,21+/m1/s1. The second-order valence-electron chi connectivity index (χ2n) is 7.77. The molecule has 5 rings (SSSR count). The maximum atomic E-state index is 14.5. The number of para-hydroxylation sites is 1. The van der Waals surface area contributed by atoms with E-state index in [1.54, 1.807) is 18.2 Å². The molecule has 152 valence electrons. The van der Waals surface area contributed by atoms with Crippen molar-refractivity contribution in [3.63, 3.8) is 0 Å². The van der Waals surface area contributed by atoms with Gasteiger partial charge in [0.15, 0.2) is 0 Å². The van der Waals surface area contributed by atoms with E-state index in [9.17, 15) is 12.8 Å². The lowest BCUT2D eigenvalue weighted by Gasteiger charge is -2.37. The van der Waals surface area contributed by atoms with Gasteiger partial charge in [-0.05, 0) is 41.7 Å². The Kier molecular flexibility index (Phi) is 4.69. The summed E-state index contributed by atoms with van der Waals surface area (Å²) in [7, 11) is -3.52. The molecule has 2 aromatic carbocycles. The number of hydrogen-bond donors (Lipinski definition) is 1. The summed E-state index contributed by atoms with van der Waals surface area (Å²) in [4.78, 5) is 0.284. The second-order valence-corrected chi connectivity index (χ2v) is 9.70. The van der Waals surface area contributed by atoms with Crippen LogP contribution in [0.3, 0.4) is 0 Å². The first kappa shape index (κ1) is 18.8. The third kappa shape index (κ3) is 3.17. The maximum Gasteiger partial charge on any atom is 0.243 e. The summed E-state index contributed by atoms with van der Waals surface area (Å²) in [6.45, 7) is 1.59. The molecule has 0 aromatic heterocycles. The van der Waals surface area contributed by atoms with Crippen LogP contribution in [0.4, 0.5) is 10.1 Å². The lowest BCUT2D eigenvalue weighted by Crippen LogP contribution is -2.40. The topological polar surface area (TPSA) is 58.6 Å². The Bertz CT molecular complexity index is 1050. The molecular formula is C22H23FN2O3S. The number of nitrogens with one attached hydrogen (secondary N) is 1. The number of rotatable bonds is 3. The highest BCUT2D eigenvalue weighted by Gasteiger charge is 2.39. The van der Waals surface area contributed by atoms with E-state index in [1.165, 1.54) is 10.4 Å². The smallest absolute Gasteiger partial charge is 0.243 e. The van der Waals surface area contributed by atoms with Crippen LogP contribution in [0.1, 0.15) is 29.5 Å². The van der Waals surface area contributed by atoms with E-state index < -0.39 is 10.0 Å². The van der Waals surface area contributed by atoms with Crippen LogP contribution in [-0.4, -0.2) is 39.0 Å². The Morgan fingerprint density at radius 2 is 1.83 bits per heavy atom. The summed E-state index contributed by atoms with van der Waals surface area (Å²) < 4.78 is 46.9. The average molecular weight is 415 g/mol. The third-order valence-electron chi connectivity index (χ3n) is 6.19. The Morgan fingerprint density at radius 3 is 2.59 bits per heavy atom. The molecule has 0 radical (unpaired) electrons. The maximum absolute atomic E-state index is 14.5. The Labute approximate surface area is 170 Å². The van der Waals surface area contributed by atoms with E-state index in [1.807, 2.05) is 18.2 Å². The SMILES string of the molecule is O=S(=O)(c1ccc([C@@H]2Nc3c(F)cccc3[C@@H]3C=CC[C@@H]32)cc1)N1CCOCC1. The molecule has 2 heterocycles. The van der Waals surface area contributed by atoms with E-state index in [-0.39, 0.29) is 28.6 Å². The van der Waals surface area contributed by atoms with Crippen LogP contribution in [0.2, 0.25) is 0 Å². The van der Waals surface area contributed by atoms with Gasteiger partial charge in [-0.2, -0.15) is 4.31 Å². The van der Waals surface area contributed by atoms with Crippen molar-refractivity contribution in [2.24, 2.45) is 5.92 Å². The predicted octanol–water partition coefficient (Wildman–Crippen LogP) is 3.67. The van der Waals surface area contributed by atoms with Crippen LogP contribution >= 0.6 is 0 Å². The third-order valence-corrected chi connectivity index (χ3v) is 8.11. The minimum atomic E-state index is -3.52. The largest absolute Gasteiger partial charge is 0.379 e. The minimum Gasteiger partial charge on any atom is -0.379 e. The van der Waals surface area contributed by atoms with E-state index in [0.29, 0.717) is 32.0 Å². The molecule has 1 saturated heterocycles. The molecule has 0 amide bonds. The lowest BCUT2D eigenvalue weighted by molar-refractivity contribution is 0.0730. The van der Waals surface area contributed by atoms with E-state index in [2.05, 4.69) is 17.5 Å². The molecule has 3 atom stereocenters. The van der Waals surface area contributed by atoms with Gasteiger partial charge in [0.2, 0.25) is 10.0 Å². The number of anilines is 1. The van der Waals surface area contributed by atoms with E-state index >= 15 is 0 Å². The molecule has 7 heteroatoms. The number of benzene rings is 2. The van der Waals surface area contributed by atoms with Gasteiger partial charge in [-0.25, -0.2) is 12.8 Å². The number of sulfonamides is 1. The van der Waals surface area contributed by atoms with Crippen molar-refractivity contribution >= 4 is 15.7 Å². The van der Waals surface area contributed by atoms with Crippen molar-refractivity contribution in [1.29, 1.82) is 0 Å². The molecule has 0 unspecified atom stereocenters. The van der Waals surface area contributed by atoms with Crippen LogP contribution in [0.25, 0.3) is 0 Å². The van der Waals surface area contributed by atoms with Crippen molar-refractivity contribution in [2.75, 3.05) is 31.6 Å². The highest BCUT2D eigenvalue weighted by Crippen LogP contribution is 2.50. The van der Waals surface area contributed by atoms with Crippen LogP contribution in [0, 0.1) is 11.7 Å². The summed E-state index contributed by atoms with van der Waals surface area (Å²) in [5.74, 6) is 0.201. The Hall–Kier alpha value is -2.22. The number of halogens is 1. The van der Waals surface area contributed by atoms with Gasteiger partial charge in [0.1, 0.15) is 5.82 Å². The first-order valence-corrected chi connectivity index (χ1v) is 11.4. The number of hydrogen-bond acceptors (Lipinski definition) is 4. The van der Waals surface area contributed by atoms with Gasteiger partial charge >= 0.3 is 0 Å². The zero-order valence-electron chi connectivity index (χ0n) is 15.9. The number of ether oxygens (including phenoxy) is 1. The lowest BCUT2D eigenvalue weighted by atomic mass is 9.77. The summed E-state index contributed by atoms with van der Waals surface area (Å²) in [5, 5.41) is 3.38. The number of fused-ring (bicyclic) bond motifs is 3. The molecule has 3 aliphatic rings. The van der Waals surface area contributed by atoms with Crippen LogP contribution in [-0.2, 0) is 14.8 Å².